The molecule has 1 fully saturated rings. The smallest absolute Gasteiger partial charge is 0.0705 e. The zero-order chi connectivity index (χ0) is 9.68. The van der Waals surface area contributed by atoms with Crippen molar-refractivity contribution in [3.8, 4) is 0 Å². The Morgan fingerprint density at radius 1 is 1.31 bits per heavy atom. The predicted molar refractivity (Wildman–Crippen MR) is 52.2 cm³/mol. The van der Waals surface area contributed by atoms with Crippen molar-refractivity contribution in [2.24, 2.45) is 5.92 Å². The summed E-state index contributed by atoms with van der Waals surface area (Å²) in [6, 6.07) is 0.446. The highest BCUT2D eigenvalue weighted by atomic mass is 16.6. The van der Waals surface area contributed by atoms with Gasteiger partial charge in [0.25, 0.3) is 0 Å². The van der Waals surface area contributed by atoms with E-state index in [0.29, 0.717) is 12.0 Å². The Morgan fingerprint density at radius 2 is 1.92 bits per heavy atom. The van der Waals surface area contributed by atoms with Gasteiger partial charge in [-0.05, 0) is 31.6 Å². The van der Waals surface area contributed by atoms with E-state index in [1.807, 2.05) is 0 Å². The highest BCUT2D eigenvalue weighted by Crippen LogP contribution is 2.18. The van der Waals surface area contributed by atoms with Gasteiger partial charge in [-0.25, -0.2) is 0 Å². The highest BCUT2D eigenvalue weighted by molar-refractivity contribution is 4.73. The first-order chi connectivity index (χ1) is 6.18. The molecule has 13 heavy (non-hydrogen) atoms. The molecule has 0 aromatic rings. The van der Waals surface area contributed by atoms with Crippen LogP contribution in [-0.2, 0) is 4.84 Å². The average molecular weight is 187 g/mol. The van der Waals surface area contributed by atoms with Crippen molar-refractivity contribution in [1.29, 1.82) is 0 Å². The van der Waals surface area contributed by atoms with E-state index in [0.717, 1.165) is 32.3 Å². The number of rotatable bonds is 4. The Balaban J connectivity index is 2.02. The zero-order valence-corrected chi connectivity index (χ0v) is 8.62. The fraction of sp³-hybridized carbons (Fsp3) is 1.00. The van der Waals surface area contributed by atoms with Gasteiger partial charge in [-0.3, -0.25) is 0 Å². The minimum atomic E-state index is -0.0804. The van der Waals surface area contributed by atoms with E-state index in [4.69, 9.17) is 4.84 Å². The molecule has 1 rings (SSSR count). The van der Waals surface area contributed by atoms with Crippen molar-refractivity contribution in [3.05, 3.63) is 0 Å². The maximum absolute atomic E-state index is 9.27. The van der Waals surface area contributed by atoms with E-state index in [1.165, 1.54) is 0 Å². The third-order valence-electron chi connectivity index (χ3n) is 2.36. The first kappa shape index (κ1) is 11.0. The molecule has 2 N–H and O–H groups in total. The van der Waals surface area contributed by atoms with Gasteiger partial charge in [0.1, 0.15) is 0 Å². The van der Waals surface area contributed by atoms with Crippen molar-refractivity contribution >= 4 is 0 Å². The molecule has 0 amide bonds. The maximum Gasteiger partial charge on any atom is 0.0705 e. The van der Waals surface area contributed by atoms with Crippen molar-refractivity contribution in [1.82, 2.24) is 5.48 Å². The summed E-state index contributed by atoms with van der Waals surface area (Å²) < 4.78 is 0. The van der Waals surface area contributed by atoms with Gasteiger partial charge in [-0.1, -0.05) is 13.8 Å². The molecule has 0 spiro atoms. The molecule has 0 aromatic heterocycles. The lowest BCUT2D eigenvalue weighted by atomic mass is 9.94. The summed E-state index contributed by atoms with van der Waals surface area (Å²) in [4.78, 5) is 5.34. The van der Waals surface area contributed by atoms with Crippen LogP contribution in [0.1, 0.15) is 39.5 Å². The molecule has 78 valence electrons. The molecule has 0 unspecified atom stereocenters. The number of hydrogen-bond acceptors (Lipinski definition) is 3. The summed E-state index contributed by atoms with van der Waals surface area (Å²) in [6.07, 6.45) is 3.78. The fourth-order valence-electron chi connectivity index (χ4n) is 1.53. The third kappa shape index (κ3) is 4.60. The lowest BCUT2D eigenvalue weighted by Crippen LogP contribution is -2.35. The minimum Gasteiger partial charge on any atom is -0.393 e. The van der Waals surface area contributed by atoms with Crippen LogP contribution in [-0.4, -0.2) is 23.9 Å². The fourth-order valence-corrected chi connectivity index (χ4v) is 1.53. The van der Waals surface area contributed by atoms with E-state index >= 15 is 0 Å². The first-order valence-electron chi connectivity index (χ1n) is 5.24. The van der Waals surface area contributed by atoms with E-state index in [2.05, 4.69) is 19.3 Å². The van der Waals surface area contributed by atoms with Gasteiger partial charge in [0.15, 0.2) is 0 Å². The van der Waals surface area contributed by atoms with Crippen LogP contribution in [0.15, 0.2) is 0 Å². The molecular weight excluding hydrogens is 166 g/mol. The van der Waals surface area contributed by atoms with Crippen molar-refractivity contribution in [3.63, 3.8) is 0 Å². The minimum absolute atomic E-state index is 0.0804. The molecular formula is C10H21NO2. The summed E-state index contributed by atoms with van der Waals surface area (Å²) in [5, 5.41) is 9.27. The zero-order valence-electron chi connectivity index (χ0n) is 8.62. The van der Waals surface area contributed by atoms with E-state index < -0.39 is 0 Å². The van der Waals surface area contributed by atoms with E-state index in [9.17, 15) is 5.11 Å². The monoisotopic (exact) mass is 187 g/mol. The number of hydroxylamine groups is 1. The number of aliphatic hydroxyl groups excluding tert-OH is 1. The molecule has 3 heteroatoms. The second-order valence-electron chi connectivity index (χ2n) is 4.33. The van der Waals surface area contributed by atoms with Crippen molar-refractivity contribution < 1.29 is 9.94 Å². The molecule has 0 heterocycles. The Bertz CT molecular complexity index is 131. The van der Waals surface area contributed by atoms with Gasteiger partial charge in [0, 0.05) is 6.04 Å². The molecule has 0 aliphatic heterocycles. The van der Waals surface area contributed by atoms with Crippen LogP contribution in [0.3, 0.4) is 0 Å². The Morgan fingerprint density at radius 3 is 2.46 bits per heavy atom. The summed E-state index contributed by atoms with van der Waals surface area (Å²) >= 11 is 0. The molecule has 1 saturated carbocycles. The third-order valence-corrected chi connectivity index (χ3v) is 2.36. The molecule has 0 radical (unpaired) electrons. The highest BCUT2D eigenvalue weighted by Gasteiger charge is 2.18. The van der Waals surface area contributed by atoms with Gasteiger partial charge in [-0.2, -0.15) is 5.48 Å². The summed E-state index contributed by atoms with van der Waals surface area (Å²) in [5.41, 5.74) is 3.06. The second kappa shape index (κ2) is 5.58. The van der Waals surface area contributed by atoms with Crippen LogP contribution in [0.2, 0.25) is 0 Å². The van der Waals surface area contributed by atoms with Crippen LogP contribution in [0.25, 0.3) is 0 Å². The van der Waals surface area contributed by atoms with Gasteiger partial charge in [0.2, 0.25) is 0 Å². The van der Waals surface area contributed by atoms with Gasteiger partial charge >= 0.3 is 0 Å². The van der Waals surface area contributed by atoms with Gasteiger partial charge < -0.3 is 9.94 Å². The average Bonchev–Trinajstić information content (AvgIpc) is 2.08. The summed E-state index contributed by atoms with van der Waals surface area (Å²) in [5.74, 6) is 0.571. The largest absolute Gasteiger partial charge is 0.393 e. The van der Waals surface area contributed by atoms with Crippen LogP contribution >= 0.6 is 0 Å². The Hall–Kier alpha value is -0.120. The van der Waals surface area contributed by atoms with Crippen molar-refractivity contribution in [2.45, 2.75) is 51.7 Å². The Labute approximate surface area is 80.4 Å². The molecule has 0 saturated heterocycles. The number of nitrogens with one attached hydrogen (secondary N) is 1. The lowest BCUT2D eigenvalue weighted by Gasteiger charge is -2.26. The molecule has 0 atom stereocenters. The van der Waals surface area contributed by atoms with E-state index in [-0.39, 0.29) is 6.10 Å². The number of hydrogen-bond donors (Lipinski definition) is 2. The first-order valence-corrected chi connectivity index (χ1v) is 5.24. The Kier molecular flexibility index (Phi) is 4.70. The van der Waals surface area contributed by atoms with Crippen molar-refractivity contribution in [2.75, 3.05) is 6.61 Å². The topological polar surface area (TPSA) is 41.5 Å². The normalized spacial score (nSPS) is 29.5. The van der Waals surface area contributed by atoms with Crippen LogP contribution in [0.5, 0.6) is 0 Å². The van der Waals surface area contributed by atoms with Crippen LogP contribution < -0.4 is 5.48 Å². The summed E-state index contributed by atoms with van der Waals surface area (Å²) in [7, 11) is 0. The maximum atomic E-state index is 9.27. The molecule has 0 aromatic carbocycles. The SMILES string of the molecule is CC(C)CONC1CCC(O)CC1. The van der Waals surface area contributed by atoms with Crippen LogP contribution in [0.4, 0.5) is 0 Å². The standard InChI is InChI=1S/C10H21NO2/c1-8(2)7-13-11-9-3-5-10(12)6-4-9/h8-12H,3-7H2,1-2H3. The van der Waals surface area contributed by atoms with Gasteiger partial charge in [-0.15, -0.1) is 0 Å². The molecule has 0 bridgehead atoms. The molecule has 3 nitrogen and oxygen atoms in total. The molecule has 1 aliphatic rings. The lowest BCUT2D eigenvalue weighted by molar-refractivity contribution is -0.0170. The number of aliphatic hydroxyl groups is 1. The second-order valence-corrected chi connectivity index (χ2v) is 4.33. The van der Waals surface area contributed by atoms with Gasteiger partial charge in [0.05, 0.1) is 12.7 Å². The summed E-state index contributed by atoms with van der Waals surface area (Å²) in [6.45, 7) is 5.03. The molecule has 1 aliphatic carbocycles. The van der Waals surface area contributed by atoms with Crippen LogP contribution in [0, 0.1) is 5.92 Å². The van der Waals surface area contributed by atoms with E-state index in [1.54, 1.807) is 0 Å². The predicted octanol–water partition coefficient (Wildman–Crippen LogP) is 1.47. The quantitative estimate of drug-likeness (QED) is 0.655.